The van der Waals surface area contributed by atoms with E-state index >= 15 is 0 Å². The number of para-hydroxylation sites is 1. The maximum atomic E-state index is 12.7. The smallest absolute Gasteiger partial charge is 0.243 e. The topological polar surface area (TPSA) is 40.6 Å². The van der Waals surface area contributed by atoms with Crippen LogP contribution in [-0.4, -0.2) is 35.3 Å². The van der Waals surface area contributed by atoms with Gasteiger partial charge in [0.25, 0.3) is 0 Å². The highest BCUT2D eigenvalue weighted by Gasteiger charge is 2.27. The second-order valence-electron chi connectivity index (χ2n) is 6.45. The van der Waals surface area contributed by atoms with Crippen LogP contribution in [0.15, 0.2) is 24.3 Å². The highest BCUT2D eigenvalue weighted by atomic mass is 16.2. The SMILES string of the molecule is CC(C)N(C(=O)CN1C(=O)CCCc2ccccc21)C(C)C. The third kappa shape index (κ3) is 3.49. The number of hydrogen-bond donors (Lipinski definition) is 0. The Labute approximate surface area is 133 Å². The average molecular weight is 302 g/mol. The summed E-state index contributed by atoms with van der Waals surface area (Å²) in [4.78, 5) is 28.6. The fourth-order valence-corrected chi connectivity index (χ4v) is 3.25. The molecule has 0 bridgehead atoms. The zero-order valence-electron chi connectivity index (χ0n) is 14.0. The quantitative estimate of drug-likeness (QED) is 0.858. The number of hydrogen-bond acceptors (Lipinski definition) is 2. The van der Waals surface area contributed by atoms with Gasteiger partial charge in [-0.05, 0) is 52.2 Å². The zero-order chi connectivity index (χ0) is 16.3. The van der Waals surface area contributed by atoms with E-state index in [4.69, 9.17) is 0 Å². The molecular formula is C18H26N2O2. The Bertz CT molecular complexity index is 544. The third-order valence-corrected chi connectivity index (χ3v) is 4.11. The van der Waals surface area contributed by atoms with E-state index < -0.39 is 0 Å². The van der Waals surface area contributed by atoms with E-state index in [-0.39, 0.29) is 30.4 Å². The van der Waals surface area contributed by atoms with Crippen molar-refractivity contribution in [2.24, 2.45) is 0 Å². The Kier molecular flexibility index (Phi) is 5.22. The lowest BCUT2D eigenvalue weighted by atomic mass is 10.1. The van der Waals surface area contributed by atoms with Crippen LogP contribution in [0.25, 0.3) is 0 Å². The van der Waals surface area contributed by atoms with E-state index in [1.165, 1.54) is 0 Å². The van der Waals surface area contributed by atoms with Gasteiger partial charge in [0.1, 0.15) is 6.54 Å². The van der Waals surface area contributed by atoms with Crippen molar-refractivity contribution >= 4 is 17.5 Å². The lowest BCUT2D eigenvalue weighted by molar-refractivity contribution is -0.134. The monoisotopic (exact) mass is 302 g/mol. The van der Waals surface area contributed by atoms with Gasteiger partial charge in [-0.25, -0.2) is 0 Å². The number of rotatable bonds is 4. The van der Waals surface area contributed by atoms with Gasteiger partial charge in [-0.15, -0.1) is 0 Å². The highest BCUT2D eigenvalue weighted by molar-refractivity contribution is 5.99. The predicted octanol–water partition coefficient (Wildman–Crippen LogP) is 3.00. The van der Waals surface area contributed by atoms with Gasteiger partial charge in [0.05, 0.1) is 0 Å². The molecule has 1 aliphatic heterocycles. The molecule has 120 valence electrons. The Hall–Kier alpha value is -1.84. The molecule has 0 saturated carbocycles. The van der Waals surface area contributed by atoms with Crippen molar-refractivity contribution in [3.63, 3.8) is 0 Å². The number of carbonyl (C=O) groups is 2. The molecule has 2 amide bonds. The van der Waals surface area contributed by atoms with Crippen molar-refractivity contribution < 1.29 is 9.59 Å². The Morgan fingerprint density at radius 2 is 1.77 bits per heavy atom. The summed E-state index contributed by atoms with van der Waals surface area (Å²) >= 11 is 0. The summed E-state index contributed by atoms with van der Waals surface area (Å²) in [5.41, 5.74) is 2.05. The third-order valence-electron chi connectivity index (χ3n) is 4.11. The van der Waals surface area contributed by atoms with Gasteiger partial charge in [0.15, 0.2) is 0 Å². The molecule has 0 spiro atoms. The summed E-state index contributed by atoms with van der Waals surface area (Å²) < 4.78 is 0. The van der Waals surface area contributed by atoms with Crippen LogP contribution in [0.2, 0.25) is 0 Å². The molecular weight excluding hydrogens is 276 g/mol. The van der Waals surface area contributed by atoms with Crippen LogP contribution in [0.5, 0.6) is 0 Å². The molecule has 0 aromatic heterocycles. The summed E-state index contributed by atoms with van der Waals surface area (Å²) in [6, 6.07) is 8.17. The van der Waals surface area contributed by atoms with Gasteiger partial charge in [-0.2, -0.15) is 0 Å². The number of benzene rings is 1. The summed E-state index contributed by atoms with van der Waals surface area (Å²) in [6.45, 7) is 8.17. The van der Waals surface area contributed by atoms with Crippen molar-refractivity contribution in [3.8, 4) is 0 Å². The van der Waals surface area contributed by atoms with Gasteiger partial charge in [-0.3, -0.25) is 9.59 Å². The van der Waals surface area contributed by atoms with Gasteiger partial charge < -0.3 is 9.80 Å². The second kappa shape index (κ2) is 6.95. The molecule has 1 aromatic carbocycles. The van der Waals surface area contributed by atoms with E-state index in [9.17, 15) is 9.59 Å². The molecule has 0 aliphatic carbocycles. The second-order valence-corrected chi connectivity index (χ2v) is 6.45. The van der Waals surface area contributed by atoms with Crippen molar-refractivity contribution in [1.82, 2.24) is 4.90 Å². The molecule has 0 N–H and O–H groups in total. The largest absolute Gasteiger partial charge is 0.336 e. The van der Waals surface area contributed by atoms with E-state index in [0.29, 0.717) is 6.42 Å². The molecule has 0 saturated heterocycles. The highest BCUT2D eigenvalue weighted by Crippen LogP contribution is 2.27. The molecule has 1 aromatic rings. The minimum atomic E-state index is 0.00931. The minimum Gasteiger partial charge on any atom is -0.336 e. The van der Waals surface area contributed by atoms with E-state index in [2.05, 4.69) is 0 Å². The molecule has 0 unspecified atom stereocenters. The van der Waals surface area contributed by atoms with Crippen LogP contribution in [0.3, 0.4) is 0 Å². The molecule has 1 heterocycles. The first-order chi connectivity index (χ1) is 10.4. The molecule has 22 heavy (non-hydrogen) atoms. The van der Waals surface area contributed by atoms with Gasteiger partial charge in [0, 0.05) is 24.2 Å². The van der Waals surface area contributed by atoms with Crippen LogP contribution >= 0.6 is 0 Å². The molecule has 0 fully saturated rings. The number of nitrogens with zero attached hydrogens (tertiary/aromatic N) is 2. The van der Waals surface area contributed by atoms with Crippen molar-refractivity contribution in [2.75, 3.05) is 11.4 Å². The van der Waals surface area contributed by atoms with Crippen LogP contribution in [0, 0.1) is 0 Å². The van der Waals surface area contributed by atoms with Gasteiger partial charge >= 0.3 is 0 Å². The number of aryl methyl sites for hydroxylation is 1. The van der Waals surface area contributed by atoms with Crippen LogP contribution < -0.4 is 4.90 Å². The first-order valence-electron chi connectivity index (χ1n) is 8.11. The number of anilines is 1. The summed E-state index contributed by atoms with van der Waals surface area (Å²) in [5.74, 6) is 0.0563. The lowest BCUT2D eigenvalue weighted by Gasteiger charge is -2.33. The maximum Gasteiger partial charge on any atom is 0.243 e. The normalized spacial score (nSPS) is 15.0. The maximum absolute atomic E-state index is 12.7. The van der Waals surface area contributed by atoms with Crippen LogP contribution in [0.1, 0.15) is 46.1 Å². The minimum absolute atomic E-state index is 0.00931. The fourth-order valence-electron chi connectivity index (χ4n) is 3.25. The first-order valence-corrected chi connectivity index (χ1v) is 8.11. The Balaban J connectivity index is 2.27. The summed E-state index contributed by atoms with van der Waals surface area (Å²) in [5, 5.41) is 0. The summed E-state index contributed by atoms with van der Waals surface area (Å²) in [7, 11) is 0. The molecule has 2 rings (SSSR count). The van der Waals surface area contributed by atoms with Gasteiger partial charge in [-0.1, -0.05) is 18.2 Å². The molecule has 4 heteroatoms. The molecule has 4 nitrogen and oxygen atoms in total. The van der Waals surface area contributed by atoms with E-state index in [1.54, 1.807) is 4.90 Å². The number of amides is 2. The van der Waals surface area contributed by atoms with Crippen molar-refractivity contribution in [1.29, 1.82) is 0 Å². The predicted molar refractivity (Wildman–Crippen MR) is 88.9 cm³/mol. The zero-order valence-corrected chi connectivity index (χ0v) is 14.0. The summed E-state index contributed by atoms with van der Waals surface area (Å²) in [6.07, 6.45) is 2.24. The van der Waals surface area contributed by atoms with Crippen molar-refractivity contribution in [3.05, 3.63) is 29.8 Å². The standard InChI is InChI=1S/C18H26N2O2/c1-13(2)20(14(3)4)18(22)12-19-16-10-6-5-8-15(16)9-7-11-17(19)21/h5-6,8,10,13-14H,7,9,11-12H2,1-4H3. The fraction of sp³-hybridized carbons (Fsp3) is 0.556. The Morgan fingerprint density at radius 1 is 1.14 bits per heavy atom. The molecule has 1 aliphatic rings. The first kappa shape index (κ1) is 16.5. The lowest BCUT2D eigenvalue weighted by Crippen LogP contribution is -2.48. The Morgan fingerprint density at radius 3 is 2.41 bits per heavy atom. The van der Waals surface area contributed by atoms with Crippen molar-refractivity contribution in [2.45, 2.75) is 59.0 Å². The van der Waals surface area contributed by atoms with Gasteiger partial charge in [0.2, 0.25) is 11.8 Å². The van der Waals surface area contributed by atoms with E-state index in [0.717, 1.165) is 24.1 Å². The van der Waals surface area contributed by atoms with Crippen LogP contribution in [0.4, 0.5) is 5.69 Å². The number of fused-ring (bicyclic) bond motifs is 1. The van der Waals surface area contributed by atoms with E-state index in [1.807, 2.05) is 56.9 Å². The number of carbonyl (C=O) groups excluding carboxylic acids is 2. The molecule has 0 atom stereocenters. The average Bonchev–Trinajstić information content (AvgIpc) is 2.58. The van der Waals surface area contributed by atoms with Crippen LogP contribution in [-0.2, 0) is 16.0 Å². The molecule has 0 radical (unpaired) electrons.